The van der Waals surface area contributed by atoms with Crippen molar-refractivity contribution in [2.75, 3.05) is 19.6 Å². The van der Waals surface area contributed by atoms with Crippen molar-refractivity contribution < 1.29 is 9.59 Å². The van der Waals surface area contributed by atoms with E-state index in [2.05, 4.69) is 10.6 Å². The van der Waals surface area contributed by atoms with Crippen molar-refractivity contribution in [1.29, 1.82) is 0 Å². The van der Waals surface area contributed by atoms with Gasteiger partial charge in [-0.3, -0.25) is 9.59 Å². The summed E-state index contributed by atoms with van der Waals surface area (Å²) in [5.41, 5.74) is 4.76. The molecular weight excluding hydrogens is 206 g/mol. The van der Waals surface area contributed by atoms with Crippen molar-refractivity contribution in [1.82, 2.24) is 10.6 Å². The summed E-state index contributed by atoms with van der Waals surface area (Å²) in [7, 11) is 0. The molecule has 1 unspecified atom stereocenters. The van der Waals surface area contributed by atoms with Crippen LogP contribution < -0.4 is 16.4 Å². The zero-order chi connectivity index (χ0) is 12.0. The number of hydrogen-bond donors (Lipinski definition) is 3. The molecule has 1 aliphatic rings. The molecule has 0 bridgehead atoms. The Morgan fingerprint density at radius 3 is 2.75 bits per heavy atom. The molecule has 5 nitrogen and oxygen atoms in total. The van der Waals surface area contributed by atoms with Gasteiger partial charge in [-0.15, -0.1) is 0 Å². The maximum Gasteiger partial charge on any atom is 0.227 e. The summed E-state index contributed by atoms with van der Waals surface area (Å²) < 4.78 is 0. The Balaban J connectivity index is 2.13. The molecule has 0 aliphatic carbocycles. The van der Waals surface area contributed by atoms with Gasteiger partial charge in [-0.2, -0.15) is 0 Å². The van der Waals surface area contributed by atoms with E-state index in [4.69, 9.17) is 5.73 Å². The van der Waals surface area contributed by atoms with Crippen LogP contribution in [0.5, 0.6) is 0 Å². The van der Waals surface area contributed by atoms with Crippen molar-refractivity contribution in [3.05, 3.63) is 0 Å². The Morgan fingerprint density at radius 1 is 1.44 bits per heavy atom. The second kappa shape index (κ2) is 5.84. The van der Waals surface area contributed by atoms with Crippen LogP contribution in [0.25, 0.3) is 0 Å². The maximum atomic E-state index is 11.8. The predicted octanol–water partition coefficient (Wildman–Crippen LogP) is -0.242. The lowest BCUT2D eigenvalue weighted by Gasteiger charge is -2.21. The molecule has 1 saturated heterocycles. The highest BCUT2D eigenvalue weighted by molar-refractivity contribution is 5.82. The normalized spacial score (nSPS) is 24.3. The van der Waals surface area contributed by atoms with E-state index >= 15 is 0 Å². The Kier molecular flexibility index (Phi) is 4.73. The summed E-state index contributed by atoms with van der Waals surface area (Å²) in [6.07, 6.45) is 2.83. The first-order valence-electron chi connectivity index (χ1n) is 5.82. The van der Waals surface area contributed by atoms with Crippen LogP contribution in [0.1, 0.15) is 32.6 Å². The van der Waals surface area contributed by atoms with Crippen molar-refractivity contribution in [2.45, 2.75) is 32.6 Å². The van der Waals surface area contributed by atoms with Gasteiger partial charge in [0.1, 0.15) is 0 Å². The Labute approximate surface area is 96.1 Å². The lowest BCUT2D eigenvalue weighted by Crippen LogP contribution is -2.40. The molecule has 4 N–H and O–H groups in total. The molecule has 2 amide bonds. The Hall–Kier alpha value is -1.10. The largest absolute Gasteiger partial charge is 0.370 e. The smallest absolute Gasteiger partial charge is 0.227 e. The third-order valence-electron chi connectivity index (χ3n) is 3.05. The van der Waals surface area contributed by atoms with Crippen LogP contribution in [0.3, 0.4) is 0 Å². The fraction of sp³-hybridized carbons (Fsp3) is 0.818. The SMILES string of the molecule is CC1(C(=O)NCCCCC(N)=O)CCNC1. The van der Waals surface area contributed by atoms with E-state index in [1.54, 1.807) is 0 Å². The Bertz CT molecular complexity index is 260. The third-order valence-corrected chi connectivity index (χ3v) is 3.05. The molecule has 5 heteroatoms. The highest BCUT2D eigenvalue weighted by Crippen LogP contribution is 2.24. The van der Waals surface area contributed by atoms with Crippen LogP contribution in [0.2, 0.25) is 0 Å². The molecule has 16 heavy (non-hydrogen) atoms. The van der Waals surface area contributed by atoms with Crippen LogP contribution in [-0.2, 0) is 9.59 Å². The predicted molar refractivity (Wildman–Crippen MR) is 61.6 cm³/mol. The second-order valence-electron chi connectivity index (χ2n) is 4.67. The van der Waals surface area contributed by atoms with E-state index in [-0.39, 0.29) is 17.2 Å². The number of nitrogens with one attached hydrogen (secondary N) is 2. The molecule has 1 heterocycles. The standard InChI is InChI=1S/C11H21N3O2/c1-11(5-7-13-8-11)10(16)14-6-3-2-4-9(12)15/h13H,2-8H2,1H3,(H2,12,15)(H,14,16). The molecule has 1 rings (SSSR count). The minimum Gasteiger partial charge on any atom is -0.370 e. The lowest BCUT2D eigenvalue weighted by atomic mass is 9.89. The van der Waals surface area contributed by atoms with Crippen LogP contribution in [0.15, 0.2) is 0 Å². The molecule has 0 saturated carbocycles. The number of rotatable bonds is 6. The van der Waals surface area contributed by atoms with E-state index in [0.717, 1.165) is 32.4 Å². The first kappa shape index (κ1) is 13.0. The zero-order valence-electron chi connectivity index (χ0n) is 9.84. The molecule has 1 atom stereocenters. The van der Waals surface area contributed by atoms with E-state index < -0.39 is 0 Å². The molecule has 0 radical (unpaired) electrons. The maximum absolute atomic E-state index is 11.8. The molecule has 0 spiro atoms. The molecular formula is C11H21N3O2. The lowest BCUT2D eigenvalue weighted by molar-refractivity contribution is -0.129. The minimum atomic E-state index is -0.279. The summed E-state index contributed by atoms with van der Waals surface area (Å²) in [4.78, 5) is 22.3. The number of nitrogens with two attached hydrogens (primary N) is 1. The molecule has 0 aromatic carbocycles. The van der Waals surface area contributed by atoms with E-state index in [1.807, 2.05) is 6.92 Å². The number of unbranched alkanes of at least 4 members (excludes halogenated alkanes) is 1. The summed E-state index contributed by atoms with van der Waals surface area (Å²) in [5, 5.41) is 6.10. The number of carbonyl (C=O) groups is 2. The van der Waals surface area contributed by atoms with Crippen molar-refractivity contribution in [3.8, 4) is 0 Å². The highest BCUT2D eigenvalue weighted by Gasteiger charge is 2.35. The second-order valence-corrected chi connectivity index (χ2v) is 4.67. The summed E-state index contributed by atoms with van der Waals surface area (Å²) in [6, 6.07) is 0. The van der Waals surface area contributed by atoms with Crippen molar-refractivity contribution in [3.63, 3.8) is 0 Å². The van der Waals surface area contributed by atoms with Gasteiger partial charge in [0.25, 0.3) is 0 Å². The average Bonchev–Trinajstić information content (AvgIpc) is 2.65. The number of amides is 2. The third kappa shape index (κ3) is 3.81. The minimum absolute atomic E-state index is 0.108. The van der Waals surface area contributed by atoms with Gasteiger partial charge in [-0.1, -0.05) is 0 Å². The van der Waals surface area contributed by atoms with Crippen LogP contribution in [0, 0.1) is 5.41 Å². The number of primary amides is 1. The van der Waals surface area contributed by atoms with Gasteiger partial charge >= 0.3 is 0 Å². The summed E-state index contributed by atoms with van der Waals surface area (Å²) >= 11 is 0. The monoisotopic (exact) mass is 227 g/mol. The molecule has 92 valence electrons. The molecule has 1 aliphatic heterocycles. The van der Waals surface area contributed by atoms with E-state index in [9.17, 15) is 9.59 Å². The number of carbonyl (C=O) groups excluding carboxylic acids is 2. The molecule has 0 aromatic heterocycles. The van der Waals surface area contributed by atoms with Crippen LogP contribution in [0.4, 0.5) is 0 Å². The quantitative estimate of drug-likeness (QED) is 0.547. The van der Waals surface area contributed by atoms with Gasteiger partial charge in [0.15, 0.2) is 0 Å². The van der Waals surface area contributed by atoms with Crippen LogP contribution >= 0.6 is 0 Å². The summed E-state index contributed by atoms with van der Waals surface area (Å²) in [6.45, 7) is 4.26. The fourth-order valence-electron chi connectivity index (χ4n) is 1.85. The fourth-order valence-corrected chi connectivity index (χ4v) is 1.85. The summed E-state index contributed by atoms with van der Waals surface area (Å²) in [5.74, 6) is -0.171. The first-order chi connectivity index (χ1) is 7.54. The van der Waals surface area contributed by atoms with E-state index in [0.29, 0.717) is 13.0 Å². The van der Waals surface area contributed by atoms with Gasteiger partial charge in [0.2, 0.25) is 11.8 Å². The van der Waals surface area contributed by atoms with Gasteiger partial charge in [-0.05, 0) is 32.7 Å². The molecule has 0 aromatic rings. The van der Waals surface area contributed by atoms with Crippen LogP contribution in [-0.4, -0.2) is 31.4 Å². The zero-order valence-corrected chi connectivity index (χ0v) is 9.84. The van der Waals surface area contributed by atoms with Crippen molar-refractivity contribution >= 4 is 11.8 Å². The molecule has 1 fully saturated rings. The van der Waals surface area contributed by atoms with Gasteiger partial charge < -0.3 is 16.4 Å². The highest BCUT2D eigenvalue weighted by atomic mass is 16.2. The first-order valence-corrected chi connectivity index (χ1v) is 5.82. The topological polar surface area (TPSA) is 84.2 Å². The average molecular weight is 227 g/mol. The van der Waals surface area contributed by atoms with Crippen molar-refractivity contribution in [2.24, 2.45) is 11.1 Å². The number of hydrogen-bond acceptors (Lipinski definition) is 3. The van der Waals surface area contributed by atoms with E-state index in [1.165, 1.54) is 0 Å². The van der Waals surface area contributed by atoms with Gasteiger partial charge in [0, 0.05) is 19.5 Å². The van der Waals surface area contributed by atoms with Gasteiger partial charge in [0.05, 0.1) is 5.41 Å². The van der Waals surface area contributed by atoms with Gasteiger partial charge in [-0.25, -0.2) is 0 Å². The Morgan fingerprint density at radius 2 is 2.19 bits per heavy atom.